The molecule has 0 radical (unpaired) electrons. The summed E-state index contributed by atoms with van der Waals surface area (Å²) in [6.45, 7) is 0.601. The lowest BCUT2D eigenvalue weighted by atomic mass is 10.1. The molecule has 0 atom stereocenters. The number of aromatic nitrogens is 5. The van der Waals surface area contributed by atoms with Crippen LogP contribution in [-0.2, 0) is 30.4 Å². The van der Waals surface area contributed by atoms with E-state index in [4.69, 9.17) is 4.79 Å². The van der Waals surface area contributed by atoms with E-state index in [-0.39, 0.29) is 25.4 Å². The molecule has 4 aromatic heterocycles. The SMILES string of the molecule is COC(=O)CCNC(=O)Cn1ccc2c(-c3c[nH]c4ncc(F)cc34)ncnc21.COC=O. The van der Waals surface area contributed by atoms with Gasteiger partial charge >= 0.3 is 5.97 Å². The van der Waals surface area contributed by atoms with Crippen LogP contribution in [0.25, 0.3) is 33.3 Å². The summed E-state index contributed by atoms with van der Waals surface area (Å²) in [6, 6.07) is 3.20. The van der Waals surface area contributed by atoms with Gasteiger partial charge in [0.2, 0.25) is 5.91 Å². The molecule has 1 amide bonds. The summed E-state index contributed by atoms with van der Waals surface area (Å²) in [5.74, 6) is -1.09. The minimum Gasteiger partial charge on any atom is -0.471 e. The van der Waals surface area contributed by atoms with Gasteiger partial charge in [-0.15, -0.1) is 0 Å². The zero-order valence-corrected chi connectivity index (χ0v) is 17.9. The van der Waals surface area contributed by atoms with Gasteiger partial charge < -0.3 is 24.3 Å². The molecule has 12 heteroatoms. The second-order valence-electron chi connectivity index (χ2n) is 6.66. The van der Waals surface area contributed by atoms with E-state index in [0.29, 0.717) is 34.4 Å². The average molecular weight is 456 g/mol. The summed E-state index contributed by atoms with van der Waals surface area (Å²) in [4.78, 5) is 47.9. The van der Waals surface area contributed by atoms with E-state index in [1.807, 2.05) is 0 Å². The number of amides is 1. The van der Waals surface area contributed by atoms with Crippen LogP contribution in [0.1, 0.15) is 6.42 Å². The lowest BCUT2D eigenvalue weighted by Gasteiger charge is -2.07. The molecule has 0 aliphatic rings. The third-order valence-electron chi connectivity index (χ3n) is 4.60. The van der Waals surface area contributed by atoms with Crippen LogP contribution in [0.15, 0.2) is 37.1 Å². The number of aromatic amines is 1. The Labute approximate surface area is 186 Å². The lowest BCUT2D eigenvalue weighted by molar-refractivity contribution is -0.140. The van der Waals surface area contributed by atoms with Crippen LogP contribution in [0.3, 0.4) is 0 Å². The number of fused-ring (bicyclic) bond motifs is 2. The predicted molar refractivity (Wildman–Crippen MR) is 115 cm³/mol. The van der Waals surface area contributed by atoms with Gasteiger partial charge in [-0.05, 0) is 12.1 Å². The first-order chi connectivity index (χ1) is 16.0. The maximum absolute atomic E-state index is 13.7. The zero-order chi connectivity index (χ0) is 23.8. The molecular weight excluding hydrogens is 435 g/mol. The molecule has 0 aromatic carbocycles. The van der Waals surface area contributed by atoms with Gasteiger partial charge in [-0.25, -0.2) is 19.3 Å². The van der Waals surface area contributed by atoms with Gasteiger partial charge in [0.25, 0.3) is 6.47 Å². The highest BCUT2D eigenvalue weighted by molar-refractivity contribution is 6.01. The Morgan fingerprint density at radius 2 is 2.03 bits per heavy atom. The van der Waals surface area contributed by atoms with Crippen molar-refractivity contribution in [1.29, 1.82) is 0 Å². The first-order valence-electron chi connectivity index (χ1n) is 9.71. The first-order valence-corrected chi connectivity index (χ1v) is 9.71. The summed E-state index contributed by atoms with van der Waals surface area (Å²) in [5.41, 5.74) is 2.42. The second-order valence-corrected chi connectivity index (χ2v) is 6.66. The summed E-state index contributed by atoms with van der Waals surface area (Å²) in [5, 5.41) is 4.00. The summed E-state index contributed by atoms with van der Waals surface area (Å²) in [7, 11) is 2.61. The van der Waals surface area contributed by atoms with Gasteiger partial charge in [0.05, 0.1) is 32.5 Å². The molecule has 0 aliphatic heterocycles. The van der Waals surface area contributed by atoms with E-state index in [1.54, 1.807) is 23.0 Å². The van der Waals surface area contributed by atoms with Crippen LogP contribution in [0.5, 0.6) is 0 Å². The number of hydrogen-bond acceptors (Lipinski definition) is 8. The number of halogens is 1. The highest BCUT2D eigenvalue weighted by atomic mass is 19.1. The van der Waals surface area contributed by atoms with Crippen LogP contribution >= 0.6 is 0 Å². The van der Waals surface area contributed by atoms with E-state index in [1.165, 1.54) is 26.6 Å². The van der Waals surface area contributed by atoms with E-state index in [2.05, 4.69) is 34.7 Å². The first kappa shape index (κ1) is 23.3. The minimum atomic E-state index is -0.440. The smallest absolute Gasteiger partial charge is 0.307 e. The number of methoxy groups -OCH3 is 2. The third-order valence-corrected chi connectivity index (χ3v) is 4.60. The maximum atomic E-state index is 13.7. The number of esters is 1. The minimum absolute atomic E-state index is 0.0329. The fraction of sp³-hybridized carbons (Fsp3) is 0.238. The summed E-state index contributed by atoms with van der Waals surface area (Å²) >= 11 is 0. The molecule has 172 valence electrons. The standard InChI is InChI=1S/C19H17FN6O3.C2H4O2/c1-29-16(28)2-4-21-15(27)9-26-5-3-12-17(24-10-25-19(12)26)14-8-23-18-13(14)6-11(20)7-22-18;1-4-2-3/h3,5-8,10H,2,4,9H2,1H3,(H,21,27)(H,22,23);2H,1H3. The van der Waals surface area contributed by atoms with Crippen LogP contribution in [0, 0.1) is 5.82 Å². The molecule has 4 rings (SSSR count). The number of hydrogen-bond donors (Lipinski definition) is 2. The van der Waals surface area contributed by atoms with Crippen molar-refractivity contribution in [2.75, 3.05) is 20.8 Å². The topological polar surface area (TPSA) is 141 Å². The molecule has 0 unspecified atom stereocenters. The van der Waals surface area contributed by atoms with Gasteiger partial charge in [-0.1, -0.05) is 0 Å². The van der Waals surface area contributed by atoms with E-state index < -0.39 is 11.8 Å². The lowest BCUT2D eigenvalue weighted by Crippen LogP contribution is -2.29. The molecule has 0 saturated heterocycles. The Bertz CT molecular complexity index is 1280. The van der Waals surface area contributed by atoms with Crippen LogP contribution < -0.4 is 5.32 Å². The largest absolute Gasteiger partial charge is 0.471 e. The molecule has 0 fully saturated rings. The fourth-order valence-electron chi connectivity index (χ4n) is 3.14. The molecule has 0 aliphatic carbocycles. The van der Waals surface area contributed by atoms with Crippen molar-refractivity contribution in [3.8, 4) is 11.3 Å². The number of ether oxygens (including phenoxy) is 2. The molecule has 0 bridgehead atoms. The Kier molecular flexibility index (Phi) is 7.63. The van der Waals surface area contributed by atoms with E-state index >= 15 is 0 Å². The number of pyridine rings is 1. The van der Waals surface area contributed by atoms with Gasteiger partial charge in [-0.2, -0.15) is 0 Å². The van der Waals surface area contributed by atoms with Crippen molar-refractivity contribution in [1.82, 2.24) is 29.8 Å². The Morgan fingerprint density at radius 3 is 2.76 bits per heavy atom. The van der Waals surface area contributed by atoms with E-state index in [9.17, 15) is 14.0 Å². The molecular formula is C21H21FN6O5. The van der Waals surface area contributed by atoms with Gasteiger partial charge in [0, 0.05) is 35.3 Å². The van der Waals surface area contributed by atoms with Crippen LogP contribution in [0.4, 0.5) is 4.39 Å². The quantitative estimate of drug-likeness (QED) is 0.315. The number of carbonyl (C=O) groups is 3. The van der Waals surface area contributed by atoms with Gasteiger partial charge in [-0.3, -0.25) is 14.4 Å². The predicted octanol–water partition coefficient (Wildman–Crippen LogP) is 1.58. The third kappa shape index (κ3) is 5.47. The number of nitrogens with zero attached hydrogens (tertiary/aromatic N) is 4. The number of carbonyl (C=O) groups excluding carboxylic acids is 3. The molecule has 0 spiro atoms. The molecule has 0 saturated carbocycles. The maximum Gasteiger partial charge on any atom is 0.307 e. The number of H-pyrrole nitrogens is 1. The van der Waals surface area contributed by atoms with Gasteiger partial charge in [0.1, 0.15) is 30.0 Å². The van der Waals surface area contributed by atoms with Crippen molar-refractivity contribution in [2.24, 2.45) is 0 Å². The molecule has 4 heterocycles. The highest BCUT2D eigenvalue weighted by Crippen LogP contribution is 2.31. The molecule has 4 aromatic rings. The highest BCUT2D eigenvalue weighted by Gasteiger charge is 2.16. The van der Waals surface area contributed by atoms with Crippen molar-refractivity contribution in [3.05, 3.63) is 42.9 Å². The van der Waals surface area contributed by atoms with Crippen LogP contribution in [-0.4, -0.2) is 63.6 Å². The Balaban J connectivity index is 0.000000709. The van der Waals surface area contributed by atoms with Crippen molar-refractivity contribution < 1.29 is 28.2 Å². The number of rotatable bonds is 7. The van der Waals surface area contributed by atoms with Crippen molar-refractivity contribution in [3.63, 3.8) is 0 Å². The molecule has 11 nitrogen and oxygen atoms in total. The summed E-state index contributed by atoms with van der Waals surface area (Å²) in [6.07, 6.45) is 6.10. The fourth-order valence-corrected chi connectivity index (χ4v) is 3.14. The Hall–Kier alpha value is -4.35. The number of nitrogens with one attached hydrogen (secondary N) is 2. The monoisotopic (exact) mass is 456 g/mol. The van der Waals surface area contributed by atoms with Crippen LogP contribution in [0.2, 0.25) is 0 Å². The van der Waals surface area contributed by atoms with E-state index in [0.717, 1.165) is 11.6 Å². The van der Waals surface area contributed by atoms with Gasteiger partial charge in [0.15, 0.2) is 0 Å². The average Bonchev–Trinajstić information content (AvgIpc) is 3.43. The van der Waals surface area contributed by atoms with Crippen molar-refractivity contribution >= 4 is 40.4 Å². The zero-order valence-electron chi connectivity index (χ0n) is 17.9. The molecule has 2 N–H and O–H groups in total. The summed E-state index contributed by atoms with van der Waals surface area (Å²) < 4.78 is 23.7. The molecule has 33 heavy (non-hydrogen) atoms. The Morgan fingerprint density at radius 1 is 1.24 bits per heavy atom. The van der Waals surface area contributed by atoms with Crippen molar-refractivity contribution in [2.45, 2.75) is 13.0 Å². The normalized spacial score (nSPS) is 10.4. The second kappa shape index (κ2) is 10.8.